The summed E-state index contributed by atoms with van der Waals surface area (Å²) in [6, 6.07) is 22.3. The number of rotatable bonds is 3. The Balaban J connectivity index is 1.97. The highest BCUT2D eigenvalue weighted by atomic mass is 16.5. The highest BCUT2D eigenvalue weighted by molar-refractivity contribution is 6.20. The van der Waals surface area contributed by atoms with E-state index < -0.39 is 5.97 Å². The van der Waals surface area contributed by atoms with Crippen LogP contribution >= 0.6 is 0 Å². The summed E-state index contributed by atoms with van der Waals surface area (Å²) >= 11 is 0. The van der Waals surface area contributed by atoms with E-state index in [0.29, 0.717) is 11.1 Å². The van der Waals surface area contributed by atoms with Crippen LogP contribution in [0.4, 0.5) is 0 Å². The topological polar surface area (TPSA) is 56.3 Å². The molecule has 4 rings (SSSR count). The van der Waals surface area contributed by atoms with Crippen LogP contribution < -0.4 is 0 Å². The molecule has 26 heavy (non-hydrogen) atoms. The van der Waals surface area contributed by atoms with Crippen molar-refractivity contribution in [1.29, 1.82) is 0 Å². The van der Waals surface area contributed by atoms with Crippen molar-refractivity contribution in [3.05, 3.63) is 89.6 Å². The fourth-order valence-corrected chi connectivity index (χ4v) is 3.11. The predicted octanol–water partition coefficient (Wildman–Crippen LogP) is 4.41. The second-order valence-corrected chi connectivity index (χ2v) is 5.92. The molecule has 0 atom stereocenters. The molecule has 1 heterocycles. The zero-order valence-electron chi connectivity index (χ0n) is 14.1. The number of nitrogens with zero attached hydrogens (tertiary/aromatic N) is 1. The zero-order chi connectivity index (χ0) is 18.1. The highest BCUT2D eigenvalue weighted by Crippen LogP contribution is 2.25. The number of methoxy groups -OCH3 is 1. The summed E-state index contributed by atoms with van der Waals surface area (Å²) in [5, 5.41) is 2.60. The van der Waals surface area contributed by atoms with Crippen LogP contribution in [0.5, 0.6) is 0 Å². The molecule has 4 nitrogen and oxygen atoms in total. The standard InChI is InChI=1S/C22H15NO3/c1-26-22(25)20-18(13-15-8-3-5-12-19(15)23-20)21(24)17-11-6-9-14-7-2-4-10-16(14)17/h2-13H,1H3. The van der Waals surface area contributed by atoms with Gasteiger partial charge >= 0.3 is 5.97 Å². The Morgan fingerprint density at radius 1 is 0.808 bits per heavy atom. The van der Waals surface area contributed by atoms with Gasteiger partial charge in [-0.05, 0) is 22.9 Å². The number of fused-ring (bicyclic) bond motifs is 2. The van der Waals surface area contributed by atoms with Crippen LogP contribution in [0.2, 0.25) is 0 Å². The monoisotopic (exact) mass is 341 g/mol. The lowest BCUT2D eigenvalue weighted by atomic mass is 9.95. The van der Waals surface area contributed by atoms with Gasteiger partial charge in [0.05, 0.1) is 18.2 Å². The molecule has 0 unspecified atom stereocenters. The molecule has 0 aliphatic carbocycles. The molecular formula is C22H15NO3. The summed E-state index contributed by atoms with van der Waals surface area (Å²) in [6.07, 6.45) is 0. The van der Waals surface area contributed by atoms with Crippen molar-refractivity contribution in [1.82, 2.24) is 4.98 Å². The third-order valence-electron chi connectivity index (χ3n) is 4.38. The van der Waals surface area contributed by atoms with E-state index in [9.17, 15) is 9.59 Å². The summed E-state index contributed by atoms with van der Waals surface area (Å²) in [5.74, 6) is -0.875. The number of carbonyl (C=O) groups is 2. The minimum absolute atomic E-state index is 0.0316. The first kappa shape index (κ1) is 16.0. The van der Waals surface area contributed by atoms with E-state index in [0.717, 1.165) is 16.2 Å². The Labute approximate surface area is 150 Å². The summed E-state index contributed by atoms with van der Waals surface area (Å²) in [7, 11) is 1.28. The van der Waals surface area contributed by atoms with Crippen LogP contribution in [0, 0.1) is 0 Å². The predicted molar refractivity (Wildman–Crippen MR) is 100 cm³/mol. The van der Waals surface area contributed by atoms with Gasteiger partial charge in [0.15, 0.2) is 11.5 Å². The van der Waals surface area contributed by atoms with Crippen molar-refractivity contribution in [3.63, 3.8) is 0 Å². The molecular weight excluding hydrogens is 326 g/mol. The number of carbonyl (C=O) groups excluding carboxylic acids is 2. The fourth-order valence-electron chi connectivity index (χ4n) is 3.11. The Morgan fingerprint density at radius 3 is 2.31 bits per heavy atom. The van der Waals surface area contributed by atoms with Crippen molar-refractivity contribution in [2.45, 2.75) is 0 Å². The van der Waals surface area contributed by atoms with E-state index in [2.05, 4.69) is 4.98 Å². The Kier molecular flexibility index (Phi) is 3.93. The van der Waals surface area contributed by atoms with Crippen molar-refractivity contribution in [3.8, 4) is 0 Å². The highest BCUT2D eigenvalue weighted by Gasteiger charge is 2.22. The van der Waals surface area contributed by atoms with E-state index >= 15 is 0 Å². The fraction of sp³-hybridized carbons (Fsp3) is 0.0455. The summed E-state index contributed by atoms with van der Waals surface area (Å²) < 4.78 is 4.85. The molecule has 0 aliphatic heterocycles. The number of ketones is 1. The van der Waals surface area contributed by atoms with Gasteiger partial charge in [-0.3, -0.25) is 4.79 Å². The average molecular weight is 341 g/mol. The molecule has 0 fully saturated rings. The van der Waals surface area contributed by atoms with E-state index in [4.69, 9.17) is 4.74 Å². The van der Waals surface area contributed by atoms with Gasteiger partial charge < -0.3 is 4.74 Å². The Morgan fingerprint density at radius 2 is 1.50 bits per heavy atom. The third-order valence-corrected chi connectivity index (χ3v) is 4.38. The maximum atomic E-state index is 13.3. The number of aromatic nitrogens is 1. The molecule has 126 valence electrons. The molecule has 1 aromatic heterocycles. The van der Waals surface area contributed by atoms with E-state index in [1.165, 1.54) is 7.11 Å². The molecule has 0 aliphatic rings. The van der Waals surface area contributed by atoms with Gasteiger partial charge in [0, 0.05) is 10.9 Å². The molecule has 0 N–H and O–H groups in total. The number of ether oxygens (including phenoxy) is 1. The minimum atomic E-state index is -0.626. The van der Waals surface area contributed by atoms with Gasteiger partial charge in [-0.2, -0.15) is 0 Å². The minimum Gasteiger partial charge on any atom is -0.464 e. The number of hydrogen-bond donors (Lipinski definition) is 0. The number of pyridine rings is 1. The van der Waals surface area contributed by atoms with Crippen LogP contribution in [-0.4, -0.2) is 23.8 Å². The number of para-hydroxylation sites is 1. The molecule has 0 bridgehead atoms. The molecule has 3 aromatic carbocycles. The Hall–Kier alpha value is -3.53. The maximum absolute atomic E-state index is 13.3. The number of hydrogen-bond acceptors (Lipinski definition) is 4. The maximum Gasteiger partial charge on any atom is 0.357 e. The van der Waals surface area contributed by atoms with Crippen LogP contribution in [0.25, 0.3) is 21.7 Å². The molecule has 4 heteroatoms. The first-order valence-corrected chi connectivity index (χ1v) is 8.19. The first-order valence-electron chi connectivity index (χ1n) is 8.19. The average Bonchev–Trinajstić information content (AvgIpc) is 2.71. The zero-order valence-corrected chi connectivity index (χ0v) is 14.1. The lowest BCUT2D eigenvalue weighted by Crippen LogP contribution is -2.14. The number of esters is 1. The van der Waals surface area contributed by atoms with Crippen LogP contribution in [0.1, 0.15) is 26.4 Å². The van der Waals surface area contributed by atoms with Crippen molar-refractivity contribution < 1.29 is 14.3 Å². The summed E-state index contributed by atoms with van der Waals surface area (Å²) in [4.78, 5) is 29.9. The summed E-state index contributed by atoms with van der Waals surface area (Å²) in [6.45, 7) is 0. The van der Waals surface area contributed by atoms with Crippen molar-refractivity contribution in [2.24, 2.45) is 0 Å². The van der Waals surface area contributed by atoms with Gasteiger partial charge in [-0.15, -0.1) is 0 Å². The second-order valence-electron chi connectivity index (χ2n) is 5.92. The Bertz CT molecular complexity index is 1160. The lowest BCUT2D eigenvalue weighted by Gasteiger charge is -2.10. The van der Waals surface area contributed by atoms with Gasteiger partial charge in [-0.25, -0.2) is 9.78 Å². The third kappa shape index (κ3) is 2.62. The molecule has 0 amide bonds. The van der Waals surface area contributed by atoms with Gasteiger partial charge in [0.2, 0.25) is 0 Å². The van der Waals surface area contributed by atoms with Crippen LogP contribution in [0.3, 0.4) is 0 Å². The summed E-state index contributed by atoms with van der Waals surface area (Å²) in [5.41, 5.74) is 1.45. The SMILES string of the molecule is COC(=O)c1nc2ccccc2cc1C(=O)c1cccc2ccccc12. The van der Waals surface area contributed by atoms with Crippen LogP contribution in [0.15, 0.2) is 72.8 Å². The van der Waals surface area contributed by atoms with Crippen molar-refractivity contribution >= 4 is 33.4 Å². The second kappa shape index (κ2) is 6.41. The smallest absolute Gasteiger partial charge is 0.357 e. The van der Waals surface area contributed by atoms with E-state index in [-0.39, 0.29) is 17.0 Å². The molecule has 0 saturated carbocycles. The first-order chi connectivity index (χ1) is 12.7. The molecule has 0 spiro atoms. The molecule has 0 radical (unpaired) electrons. The van der Waals surface area contributed by atoms with Crippen molar-refractivity contribution in [2.75, 3.05) is 7.11 Å². The van der Waals surface area contributed by atoms with Crippen LogP contribution in [-0.2, 0) is 4.74 Å². The van der Waals surface area contributed by atoms with E-state index in [1.54, 1.807) is 18.2 Å². The van der Waals surface area contributed by atoms with Gasteiger partial charge in [0.1, 0.15) is 0 Å². The normalized spacial score (nSPS) is 10.8. The molecule has 4 aromatic rings. The van der Waals surface area contributed by atoms with Gasteiger partial charge in [-0.1, -0.05) is 60.7 Å². The quantitative estimate of drug-likeness (QED) is 0.409. The molecule has 0 saturated heterocycles. The number of benzene rings is 3. The lowest BCUT2D eigenvalue weighted by molar-refractivity contribution is 0.0591. The van der Waals surface area contributed by atoms with Gasteiger partial charge in [0.25, 0.3) is 0 Å². The largest absolute Gasteiger partial charge is 0.464 e. The van der Waals surface area contributed by atoms with E-state index in [1.807, 2.05) is 54.6 Å².